The van der Waals surface area contributed by atoms with Crippen LogP contribution >= 0.6 is 24.0 Å². The number of methoxy groups -OCH3 is 1. The van der Waals surface area contributed by atoms with Gasteiger partial charge in [-0.15, -0.1) is 0 Å². The molecule has 0 heterocycles. The molecule has 0 aliphatic heterocycles. The third-order valence-electron chi connectivity index (χ3n) is 2.74. The van der Waals surface area contributed by atoms with E-state index in [9.17, 15) is 0 Å². The van der Waals surface area contributed by atoms with Gasteiger partial charge in [-0.2, -0.15) is 11.8 Å². The molecule has 0 aromatic rings. The Kier molecular flexibility index (Phi) is 7.16. The molecule has 0 bridgehead atoms. The van der Waals surface area contributed by atoms with Crippen molar-refractivity contribution in [2.45, 2.75) is 37.5 Å². The second-order valence-electron chi connectivity index (χ2n) is 3.92. The summed E-state index contributed by atoms with van der Waals surface area (Å²) in [7, 11) is 1.70. The Labute approximate surface area is 108 Å². The molecule has 2 N–H and O–H groups in total. The van der Waals surface area contributed by atoms with Crippen molar-refractivity contribution in [3.8, 4) is 0 Å². The highest BCUT2D eigenvalue weighted by Crippen LogP contribution is 2.29. The smallest absolute Gasteiger partial charge is 0.166 e. The van der Waals surface area contributed by atoms with E-state index in [-0.39, 0.29) is 0 Å². The highest BCUT2D eigenvalue weighted by molar-refractivity contribution is 7.99. The average Bonchev–Trinajstić information content (AvgIpc) is 2.67. The summed E-state index contributed by atoms with van der Waals surface area (Å²) in [6.45, 7) is 3.69. The zero-order valence-corrected chi connectivity index (χ0v) is 11.8. The Bertz CT molecular complexity index is 214. The van der Waals surface area contributed by atoms with E-state index in [0.717, 1.165) is 16.9 Å². The predicted octanol–water partition coefficient (Wildman–Crippen LogP) is 1.77. The van der Waals surface area contributed by atoms with Crippen molar-refractivity contribution < 1.29 is 4.74 Å². The van der Waals surface area contributed by atoms with Gasteiger partial charge < -0.3 is 15.4 Å². The molecule has 0 amide bonds. The molecule has 1 saturated carbocycles. The summed E-state index contributed by atoms with van der Waals surface area (Å²) in [6.07, 6.45) is 3.87. The molecule has 3 nitrogen and oxygen atoms in total. The molecule has 16 heavy (non-hydrogen) atoms. The van der Waals surface area contributed by atoms with Crippen LogP contribution in [0.15, 0.2) is 0 Å². The van der Waals surface area contributed by atoms with Crippen molar-refractivity contribution >= 4 is 29.1 Å². The number of ether oxygens (including phenoxy) is 1. The molecule has 1 aliphatic carbocycles. The summed E-state index contributed by atoms with van der Waals surface area (Å²) in [6, 6.07) is 0.549. The van der Waals surface area contributed by atoms with Crippen molar-refractivity contribution in [1.29, 1.82) is 0 Å². The second-order valence-corrected chi connectivity index (χ2v) is 5.85. The van der Waals surface area contributed by atoms with Gasteiger partial charge in [-0.3, -0.25) is 0 Å². The Morgan fingerprint density at radius 2 is 2.31 bits per heavy atom. The minimum Gasteiger partial charge on any atom is -0.383 e. The number of thiocarbonyl (C=S) groups is 1. The minimum absolute atomic E-state index is 0.549. The summed E-state index contributed by atoms with van der Waals surface area (Å²) in [5.41, 5.74) is 0. The average molecular weight is 262 g/mol. The van der Waals surface area contributed by atoms with E-state index in [1.807, 2.05) is 11.8 Å². The first-order valence-electron chi connectivity index (χ1n) is 5.92. The lowest BCUT2D eigenvalue weighted by Gasteiger charge is -2.22. The van der Waals surface area contributed by atoms with Gasteiger partial charge in [0.25, 0.3) is 0 Å². The van der Waals surface area contributed by atoms with E-state index in [1.54, 1.807) is 7.11 Å². The normalized spacial score (nSPS) is 24.4. The maximum Gasteiger partial charge on any atom is 0.166 e. The van der Waals surface area contributed by atoms with E-state index in [1.165, 1.54) is 25.0 Å². The van der Waals surface area contributed by atoms with Gasteiger partial charge in [-0.1, -0.05) is 13.3 Å². The van der Waals surface area contributed by atoms with Crippen molar-refractivity contribution in [2.75, 3.05) is 26.0 Å². The maximum atomic E-state index is 5.25. The van der Waals surface area contributed by atoms with Crippen LogP contribution in [0.25, 0.3) is 0 Å². The van der Waals surface area contributed by atoms with Crippen LogP contribution < -0.4 is 10.6 Å². The summed E-state index contributed by atoms with van der Waals surface area (Å²) < 4.78 is 4.97. The highest BCUT2D eigenvalue weighted by Gasteiger charge is 2.27. The zero-order chi connectivity index (χ0) is 11.8. The summed E-state index contributed by atoms with van der Waals surface area (Å²) in [4.78, 5) is 0. The fourth-order valence-corrected chi connectivity index (χ4v) is 3.44. The molecule has 0 spiro atoms. The molecule has 1 fully saturated rings. The molecule has 94 valence electrons. The van der Waals surface area contributed by atoms with Crippen LogP contribution in [0, 0.1) is 0 Å². The first-order valence-corrected chi connectivity index (χ1v) is 7.38. The predicted molar refractivity (Wildman–Crippen MR) is 75.2 cm³/mol. The maximum absolute atomic E-state index is 5.25. The molecule has 1 rings (SSSR count). The van der Waals surface area contributed by atoms with E-state index >= 15 is 0 Å². The van der Waals surface area contributed by atoms with Gasteiger partial charge in [-0.05, 0) is 30.8 Å². The first kappa shape index (κ1) is 14.1. The third kappa shape index (κ3) is 4.89. The van der Waals surface area contributed by atoms with Crippen molar-refractivity contribution in [3.05, 3.63) is 0 Å². The topological polar surface area (TPSA) is 33.3 Å². The van der Waals surface area contributed by atoms with Gasteiger partial charge in [0.1, 0.15) is 0 Å². The fraction of sp³-hybridized carbons (Fsp3) is 0.909. The SMILES string of the molecule is CCSC1CCCC1NC(=S)NCCOC. The number of hydrogen-bond donors (Lipinski definition) is 2. The third-order valence-corrected chi connectivity index (χ3v) is 4.33. The molecular weight excluding hydrogens is 240 g/mol. The lowest BCUT2D eigenvalue weighted by molar-refractivity contribution is 0.204. The van der Waals surface area contributed by atoms with Gasteiger partial charge in [0.05, 0.1) is 6.61 Å². The zero-order valence-electron chi connectivity index (χ0n) is 10.1. The fourth-order valence-electron chi connectivity index (χ4n) is 1.99. The van der Waals surface area contributed by atoms with E-state index in [2.05, 4.69) is 17.6 Å². The monoisotopic (exact) mass is 262 g/mol. The first-order chi connectivity index (χ1) is 7.77. The quantitative estimate of drug-likeness (QED) is 0.563. The van der Waals surface area contributed by atoms with Crippen molar-refractivity contribution in [2.24, 2.45) is 0 Å². The van der Waals surface area contributed by atoms with Crippen LogP contribution in [0.4, 0.5) is 0 Å². The van der Waals surface area contributed by atoms with Gasteiger partial charge in [0.15, 0.2) is 5.11 Å². The van der Waals surface area contributed by atoms with Crippen LogP contribution in [0.5, 0.6) is 0 Å². The van der Waals surface area contributed by atoms with E-state index in [4.69, 9.17) is 17.0 Å². The van der Waals surface area contributed by atoms with Crippen LogP contribution in [-0.4, -0.2) is 42.4 Å². The summed E-state index contributed by atoms with van der Waals surface area (Å²) in [5.74, 6) is 1.19. The van der Waals surface area contributed by atoms with Crippen LogP contribution in [0.1, 0.15) is 26.2 Å². The molecule has 2 atom stereocenters. The Hall–Kier alpha value is -0.0000000000000000486. The molecule has 1 aliphatic rings. The second kappa shape index (κ2) is 8.14. The standard InChI is InChI=1S/C11H22N2OS2/c1-3-16-10-6-4-5-9(10)13-11(15)12-7-8-14-2/h9-10H,3-8H2,1-2H3,(H2,12,13,15). The van der Waals surface area contributed by atoms with Gasteiger partial charge in [0.2, 0.25) is 0 Å². The molecule has 0 saturated heterocycles. The van der Waals surface area contributed by atoms with Crippen LogP contribution in [0.2, 0.25) is 0 Å². The summed E-state index contributed by atoms with van der Waals surface area (Å²) >= 11 is 7.30. The number of thioether (sulfide) groups is 1. The largest absolute Gasteiger partial charge is 0.383 e. The van der Waals surface area contributed by atoms with Gasteiger partial charge in [-0.25, -0.2) is 0 Å². The van der Waals surface area contributed by atoms with E-state index in [0.29, 0.717) is 12.6 Å². The number of hydrogen-bond acceptors (Lipinski definition) is 3. The molecule has 5 heteroatoms. The molecular formula is C11H22N2OS2. The Morgan fingerprint density at radius 3 is 3.00 bits per heavy atom. The lowest BCUT2D eigenvalue weighted by atomic mass is 10.2. The lowest BCUT2D eigenvalue weighted by Crippen LogP contribution is -2.45. The van der Waals surface area contributed by atoms with Crippen LogP contribution in [0.3, 0.4) is 0 Å². The molecule has 0 aromatic heterocycles. The Balaban J connectivity index is 2.21. The number of nitrogens with one attached hydrogen (secondary N) is 2. The molecule has 0 radical (unpaired) electrons. The van der Waals surface area contributed by atoms with Crippen molar-refractivity contribution in [3.63, 3.8) is 0 Å². The van der Waals surface area contributed by atoms with Crippen molar-refractivity contribution in [1.82, 2.24) is 10.6 Å². The Morgan fingerprint density at radius 1 is 1.50 bits per heavy atom. The van der Waals surface area contributed by atoms with Crippen LogP contribution in [-0.2, 0) is 4.74 Å². The summed E-state index contributed by atoms with van der Waals surface area (Å²) in [5, 5.41) is 8.07. The van der Waals surface area contributed by atoms with Gasteiger partial charge in [0, 0.05) is 24.9 Å². The van der Waals surface area contributed by atoms with Gasteiger partial charge >= 0.3 is 0 Å². The molecule has 0 aromatic carbocycles. The molecule has 2 unspecified atom stereocenters. The minimum atomic E-state index is 0.549. The van der Waals surface area contributed by atoms with E-state index < -0.39 is 0 Å². The number of rotatable bonds is 6. The highest BCUT2D eigenvalue weighted by atomic mass is 32.2.